The average Bonchev–Trinajstić information content (AvgIpc) is 2.52. The molecule has 0 bridgehead atoms. The van der Waals surface area contributed by atoms with Crippen molar-refractivity contribution < 1.29 is 9.47 Å². The zero-order chi connectivity index (χ0) is 16.7. The number of rotatable bonds is 2. The van der Waals surface area contributed by atoms with E-state index in [1.807, 2.05) is 12.1 Å². The zero-order valence-corrected chi connectivity index (χ0v) is 15.4. The molecule has 1 saturated heterocycles. The van der Waals surface area contributed by atoms with Crippen LogP contribution in [0, 0.1) is 5.41 Å². The molecular formula is C19H28ClNO2. The lowest BCUT2D eigenvalue weighted by Gasteiger charge is -2.52. The van der Waals surface area contributed by atoms with Gasteiger partial charge in [-0.1, -0.05) is 37.6 Å². The van der Waals surface area contributed by atoms with Crippen LogP contribution in [0.15, 0.2) is 24.3 Å². The molecule has 0 radical (unpaired) electrons. The van der Waals surface area contributed by atoms with Gasteiger partial charge in [0.25, 0.3) is 0 Å². The minimum absolute atomic E-state index is 0.0372. The molecule has 1 aromatic rings. The maximum atomic E-state index is 6.19. The largest absolute Gasteiger partial charge is 0.349 e. The molecule has 4 heteroatoms. The smallest absolute Gasteiger partial charge is 0.168 e. The molecular weight excluding hydrogens is 310 g/mol. The van der Waals surface area contributed by atoms with Crippen LogP contribution in [0.4, 0.5) is 0 Å². The molecule has 1 aromatic carbocycles. The van der Waals surface area contributed by atoms with Crippen molar-refractivity contribution in [2.24, 2.45) is 5.41 Å². The molecule has 0 amide bonds. The summed E-state index contributed by atoms with van der Waals surface area (Å²) in [7, 11) is 4.33. The van der Waals surface area contributed by atoms with E-state index in [4.69, 9.17) is 21.1 Å². The molecule has 1 saturated carbocycles. The van der Waals surface area contributed by atoms with Gasteiger partial charge >= 0.3 is 0 Å². The molecule has 0 unspecified atom stereocenters. The molecule has 3 nitrogen and oxygen atoms in total. The van der Waals surface area contributed by atoms with E-state index in [0.717, 1.165) is 43.9 Å². The quantitative estimate of drug-likeness (QED) is 0.796. The van der Waals surface area contributed by atoms with Gasteiger partial charge in [-0.3, -0.25) is 4.90 Å². The highest BCUT2D eigenvalue weighted by molar-refractivity contribution is 6.30. The van der Waals surface area contributed by atoms with Crippen molar-refractivity contribution in [3.8, 4) is 0 Å². The van der Waals surface area contributed by atoms with Gasteiger partial charge in [0.05, 0.1) is 13.2 Å². The summed E-state index contributed by atoms with van der Waals surface area (Å²) < 4.78 is 12.4. The lowest BCUT2D eigenvalue weighted by atomic mass is 9.73. The normalized spacial score (nSPS) is 25.7. The number of halogens is 1. The van der Waals surface area contributed by atoms with Crippen molar-refractivity contribution in [2.75, 3.05) is 27.3 Å². The van der Waals surface area contributed by atoms with Crippen molar-refractivity contribution in [1.29, 1.82) is 0 Å². The minimum Gasteiger partial charge on any atom is -0.349 e. The number of nitrogens with zero attached hydrogens (tertiary/aromatic N) is 1. The second kappa shape index (κ2) is 6.03. The van der Waals surface area contributed by atoms with E-state index in [1.165, 1.54) is 5.56 Å². The summed E-state index contributed by atoms with van der Waals surface area (Å²) in [5, 5.41) is 0.788. The molecule has 0 N–H and O–H groups in total. The SMILES string of the molecule is CN(C)C1(c2ccc(Cl)cc2)CCC2(CC1)OCC(C)(C)CO2. The van der Waals surface area contributed by atoms with Crippen LogP contribution in [0.2, 0.25) is 5.02 Å². The molecule has 1 aliphatic carbocycles. The van der Waals surface area contributed by atoms with Crippen LogP contribution in [0.25, 0.3) is 0 Å². The van der Waals surface area contributed by atoms with Crippen LogP contribution in [0.3, 0.4) is 0 Å². The van der Waals surface area contributed by atoms with Gasteiger partial charge in [-0.2, -0.15) is 0 Å². The predicted octanol–water partition coefficient (Wildman–Crippen LogP) is 4.44. The minimum atomic E-state index is -0.374. The molecule has 1 spiro atoms. The second-order valence-corrected chi connectivity index (χ2v) is 8.52. The first kappa shape index (κ1) is 17.2. The van der Waals surface area contributed by atoms with E-state index in [1.54, 1.807) is 0 Å². The van der Waals surface area contributed by atoms with Crippen molar-refractivity contribution >= 4 is 11.6 Å². The van der Waals surface area contributed by atoms with Gasteiger partial charge in [0.2, 0.25) is 0 Å². The fourth-order valence-corrected chi connectivity index (χ4v) is 3.95. The van der Waals surface area contributed by atoms with E-state index < -0.39 is 0 Å². The van der Waals surface area contributed by atoms with Gasteiger partial charge in [-0.05, 0) is 44.6 Å². The van der Waals surface area contributed by atoms with Crippen LogP contribution in [-0.4, -0.2) is 38.0 Å². The highest BCUT2D eigenvalue weighted by Crippen LogP contribution is 2.48. The highest BCUT2D eigenvalue weighted by atomic mass is 35.5. The highest BCUT2D eigenvalue weighted by Gasteiger charge is 2.49. The summed E-state index contributed by atoms with van der Waals surface area (Å²) in [5.74, 6) is -0.374. The molecule has 23 heavy (non-hydrogen) atoms. The summed E-state index contributed by atoms with van der Waals surface area (Å²) >= 11 is 6.07. The van der Waals surface area contributed by atoms with Crippen molar-refractivity contribution in [3.05, 3.63) is 34.9 Å². The second-order valence-electron chi connectivity index (χ2n) is 8.09. The molecule has 0 atom stereocenters. The Balaban J connectivity index is 1.78. The third-order valence-corrected chi connectivity index (χ3v) is 5.78. The molecule has 128 valence electrons. The van der Waals surface area contributed by atoms with Crippen LogP contribution in [0.5, 0.6) is 0 Å². The fraction of sp³-hybridized carbons (Fsp3) is 0.684. The number of benzene rings is 1. The first-order valence-corrected chi connectivity index (χ1v) is 8.86. The Kier molecular flexibility index (Phi) is 4.52. The van der Waals surface area contributed by atoms with E-state index in [9.17, 15) is 0 Å². The number of hydrogen-bond donors (Lipinski definition) is 0. The van der Waals surface area contributed by atoms with Gasteiger partial charge in [0.1, 0.15) is 0 Å². The van der Waals surface area contributed by atoms with Crippen molar-refractivity contribution in [2.45, 2.75) is 50.9 Å². The Labute approximate surface area is 144 Å². The monoisotopic (exact) mass is 337 g/mol. The summed E-state index contributed by atoms with van der Waals surface area (Å²) in [6.07, 6.45) is 3.93. The molecule has 1 aliphatic heterocycles. The summed E-state index contributed by atoms with van der Waals surface area (Å²) in [6, 6.07) is 8.29. The van der Waals surface area contributed by atoms with E-state index >= 15 is 0 Å². The lowest BCUT2D eigenvalue weighted by molar-refractivity contribution is -0.316. The Bertz CT molecular complexity index is 533. The first-order valence-electron chi connectivity index (χ1n) is 8.49. The van der Waals surface area contributed by atoms with Gasteiger partial charge < -0.3 is 9.47 Å². The predicted molar refractivity (Wildman–Crippen MR) is 93.7 cm³/mol. The molecule has 2 fully saturated rings. The summed E-state index contributed by atoms with van der Waals surface area (Å²) in [4.78, 5) is 2.34. The standard InChI is InChI=1S/C19H28ClNO2/c1-17(2)13-22-19(23-14-17)11-9-18(10-12-19,21(3)4)15-5-7-16(20)8-6-15/h5-8H,9-14H2,1-4H3. The summed E-state index contributed by atoms with van der Waals surface area (Å²) in [5.41, 5.74) is 1.49. The Morgan fingerprint density at radius 2 is 1.43 bits per heavy atom. The Hall–Kier alpha value is -0.610. The van der Waals surface area contributed by atoms with Gasteiger partial charge in [-0.15, -0.1) is 0 Å². The van der Waals surface area contributed by atoms with Crippen LogP contribution >= 0.6 is 11.6 Å². The maximum Gasteiger partial charge on any atom is 0.168 e. The van der Waals surface area contributed by atoms with Crippen molar-refractivity contribution in [3.63, 3.8) is 0 Å². The molecule has 0 aromatic heterocycles. The van der Waals surface area contributed by atoms with Gasteiger partial charge in [-0.25, -0.2) is 0 Å². The zero-order valence-electron chi connectivity index (χ0n) is 14.7. The maximum absolute atomic E-state index is 6.19. The van der Waals surface area contributed by atoms with Crippen LogP contribution in [0.1, 0.15) is 45.1 Å². The van der Waals surface area contributed by atoms with E-state index in [0.29, 0.717) is 0 Å². The first-order chi connectivity index (χ1) is 10.8. The van der Waals surface area contributed by atoms with Crippen LogP contribution in [-0.2, 0) is 15.0 Å². The van der Waals surface area contributed by atoms with E-state index in [2.05, 4.69) is 45.0 Å². The number of hydrogen-bond acceptors (Lipinski definition) is 3. The molecule has 2 aliphatic rings. The topological polar surface area (TPSA) is 21.7 Å². The van der Waals surface area contributed by atoms with Crippen molar-refractivity contribution in [1.82, 2.24) is 4.90 Å². The molecule has 1 heterocycles. The van der Waals surface area contributed by atoms with Gasteiger partial charge in [0.15, 0.2) is 5.79 Å². The fourth-order valence-electron chi connectivity index (χ4n) is 3.82. The van der Waals surface area contributed by atoms with Gasteiger partial charge in [0, 0.05) is 28.8 Å². The molecule has 3 rings (SSSR count). The third-order valence-electron chi connectivity index (χ3n) is 5.53. The Morgan fingerprint density at radius 3 is 1.91 bits per heavy atom. The third kappa shape index (κ3) is 3.30. The average molecular weight is 338 g/mol. The van der Waals surface area contributed by atoms with Crippen LogP contribution < -0.4 is 0 Å². The summed E-state index contributed by atoms with van der Waals surface area (Å²) in [6.45, 7) is 5.95. The van der Waals surface area contributed by atoms with E-state index in [-0.39, 0.29) is 16.7 Å². The Morgan fingerprint density at radius 1 is 0.913 bits per heavy atom. The lowest BCUT2D eigenvalue weighted by Crippen LogP contribution is -2.54. The number of ether oxygens (including phenoxy) is 2.